The molecule has 126 valence electrons. The zero-order valence-corrected chi connectivity index (χ0v) is 14.7. The Kier molecular flexibility index (Phi) is 5.59. The zero-order valence-electron chi connectivity index (χ0n) is 14.7. The molecule has 3 rings (SSSR count). The second-order valence-electron chi connectivity index (χ2n) is 6.22. The Labute approximate surface area is 144 Å². The van der Waals surface area contributed by atoms with Gasteiger partial charge in [0, 0.05) is 44.5 Å². The van der Waals surface area contributed by atoms with Gasteiger partial charge in [-0.3, -0.25) is 4.90 Å². The Morgan fingerprint density at radius 3 is 2.54 bits per heavy atom. The van der Waals surface area contributed by atoms with Gasteiger partial charge in [0.05, 0.1) is 0 Å². The smallest absolute Gasteiger partial charge is 0.135 e. The van der Waals surface area contributed by atoms with Crippen molar-refractivity contribution < 1.29 is 0 Å². The van der Waals surface area contributed by atoms with E-state index >= 15 is 0 Å². The average Bonchev–Trinajstić information content (AvgIpc) is 2.63. The van der Waals surface area contributed by atoms with E-state index in [1.807, 2.05) is 13.1 Å². The molecular formula is C20H26N4. The topological polar surface area (TPSA) is 32.3 Å². The third-order valence-electron chi connectivity index (χ3n) is 4.49. The molecule has 1 aliphatic rings. The molecule has 2 heterocycles. The van der Waals surface area contributed by atoms with Crippen molar-refractivity contribution in [1.82, 2.24) is 14.9 Å². The van der Waals surface area contributed by atoms with Crippen molar-refractivity contribution in [2.75, 3.05) is 37.6 Å². The maximum Gasteiger partial charge on any atom is 0.135 e. The molecule has 0 saturated carbocycles. The fourth-order valence-corrected chi connectivity index (χ4v) is 3.05. The van der Waals surface area contributed by atoms with Crippen LogP contribution >= 0.6 is 0 Å². The summed E-state index contributed by atoms with van der Waals surface area (Å²) in [4.78, 5) is 13.9. The van der Waals surface area contributed by atoms with Gasteiger partial charge in [0.1, 0.15) is 11.6 Å². The molecule has 1 fully saturated rings. The van der Waals surface area contributed by atoms with Gasteiger partial charge in [0.25, 0.3) is 0 Å². The fraction of sp³-hybridized carbons (Fsp3) is 0.400. The van der Waals surface area contributed by atoms with Gasteiger partial charge in [-0.25, -0.2) is 9.97 Å². The van der Waals surface area contributed by atoms with Gasteiger partial charge in [-0.05, 0) is 18.9 Å². The Bertz CT molecular complexity index is 673. The summed E-state index contributed by atoms with van der Waals surface area (Å²) in [5.41, 5.74) is 2.51. The van der Waals surface area contributed by atoms with Crippen molar-refractivity contribution in [3.8, 4) is 0 Å². The molecule has 1 aliphatic heterocycles. The number of aromatic nitrogens is 2. The van der Waals surface area contributed by atoms with E-state index in [9.17, 15) is 0 Å². The van der Waals surface area contributed by atoms with Crippen LogP contribution in [0.4, 0.5) is 5.82 Å². The molecule has 1 saturated heterocycles. The summed E-state index contributed by atoms with van der Waals surface area (Å²) in [5, 5.41) is 0. The highest BCUT2D eigenvalue weighted by atomic mass is 15.3. The summed E-state index contributed by atoms with van der Waals surface area (Å²) < 4.78 is 0. The molecule has 4 heteroatoms. The highest BCUT2D eigenvalue weighted by Crippen LogP contribution is 2.19. The van der Waals surface area contributed by atoms with Crippen LogP contribution in [-0.2, 0) is 6.42 Å². The van der Waals surface area contributed by atoms with E-state index in [-0.39, 0.29) is 0 Å². The number of anilines is 1. The lowest BCUT2D eigenvalue weighted by molar-refractivity contribution is 0.283. The first-order chi connectivity index (χ1) is 11.8. The molecule has 0 bridgehead atoms. The monoisotopic (exact) mass is 322 g/mol. The van der Waals surface area contributed by atoms with Crippen molar-refractivity contribution in [2.24, 2.45) is 0 Å². The van der Waals surface area contributed by atoms with Gasteiger partial charge < -0.3 is 4.90 Å². The predicted octanol–water partition coefficient (Wildman–Crippen LogP) is 3.18. The maximum absolute atomic E-state index is 4.68. The van der Waals surface area contributed by atoms with Gasteiger partial charge in [0.2, 0.25) is 0 Å². The van der Waals surface area contributed by atoms with Crippen LogP contribution < -0.4 is 4.90 Å². The quantitative estimate of drug-likeness (QED) is 0.846. The Balaban J connectivity index is 1.54. The van der Waals surface area contributed by atoms with Gasteiger partial charge in [0.15, 0.2) is 0 Å². The minimum Gasteiger partial charge on any atom is -0.354 e. The molecule has 4 nitrogen and oxygen atoms in total. The van der Waals surface area contributed by atoms with Crippen LogP contribution in [0.5, 0.6) is 0 Å². The van der Waals surface area contributed by atoms with Gasteiger partial charge in [-0.15, -0.1) is 0 Å². The second-order valence-corrected chi connectivity index (χ2v) is 6.22. The van der Waals surface area contributed by atoms with Crippen molar-refractivity contribution in [1.29, 1.82) is 0 Å². The first kappa shape index (κ1) is 16.7. The molecule has 0 spiro atoms. The Hall–Kier alpha value is -2.20. The highest BCUT2D eigenvalue weighted by Gasteiger charge is 2.19. The molecule has 0 unspecified atom stereocenters. The number of hydrogen-bond acceptors (Lipinski definition) is 4. The summed E-state index contributed by atoms with van der Waals surface area (Å²) >= 11 is 0. The van der Waals surface area contributed by atoms with Crippen molar-refractivity contribution in [2.45, 2.75) is 20.3 Å². The second kappa shape index (κ2) is 8.06. The van der Waals surface area contributed by atoms with Crippen LogP contribution in [0.3, 0.4) is 0 Å². The molecule has 0 N–H and O–H groups in total. The van der Waals surface area contributed by atoms with Crippen molar-refractivity contribution in [3.05, 3.63) is 59.6 Å². The number of piperazine rings is 1. The van der Waals surface area contributed by atoms with Gasteiger partial charge >= 0.3 is 0 Å². The minimum absolute atomic E-state index is 0.857. The molecule has 24 heavy (non-hydrogen) atoms. The lowest BCUT2D eigenvalue weighted by Crippen LogP contribution is -2.47. The number of benzene rings is 1. The summed E-state index contributed by atoms with van der Waals surface area (Å²) in [6.45, 7) is 9.35. The number of nitrogens with zero attached hydrogens (tertiary/aromatic N) is 4. The molecular weight excluding hydrogens is 296 g/mol. The fourth-order valence-electron chi connectivity index (χ4n) is 3.05. The number of hydrogen-bond donors (Lipinski definition) is 0. The maximum atomic E-state index is 4.68. The van der Waals surface area contributed by atoms with Crippen LogP contribution in [-0.4, -0.2) is 47.6 Å². The van der Waals surface area contributed by atoms with Crippen LogP contribution in [0.1, 0.15) is 23.9 Å². The summed E-state index contributed by atoms with van der Waals surface area (Å²) in [5.74, 6) is 1.99. The molecule has 1 aromatic heterocycles. The Morgan fingerprint density at radius 2 is 1.83 bits per heavy atom. The first-order valence-corrected chi connectivity index (χ1v) is 8.77. The van der Waals surface area contributed by atoms with E-state index in [0.29, 0.717) is 0 Å². The zero-order chi connectivity index (χ0) is 16.8. The molecule has 1 aromatic carbocycles. The largest absolute Gasteiger partial charge is 0.354 e. The van der Waals surface area contributed by atoms with Crippen molar-refractivity contribution in [3.63, 3.8) is 0 Å². The summed E-state index contributed by atoms with van der Waals surface area (Å²) in [6.07, 6.45) is 7.43. The normalized spacial score (nSPS) is 16.0. The Morgan fingerprint density at radius 1 is 1.08 bits per heavy atom. The van der Waals surface area contributed by atoms with Crippen LogP contribution in [0, 0.1) is 6.92 Å². The van der Waals surface area contributed by atoms with Gasteiger partial charge in [-0.1, -0.05) is 49.4 Å². The van der Waals surface area contributed by atoms with Crippen LogP contribution in [0.15, 0.2) is 42.6 Å². The lowest BCUT2D eigenvalue weighted by Gasteiger charge is -2.35. The lowest BCUT2D eigenvalue weighted by atomic mass is 10.2. The summed E-state index contributed by atoms with van der Waals surface area (Å²) in [6, 6.07) is 10.5. The van der Waals surface area contributed by atoms with E-state index < -0.39 is 0 Å². The van der Waals surface area contributed by atoms with E-state index in [1.165, 1.54) is 11.1 Å². The molecule has 0 amide bonds. The SMILES string of the molecule is CCc1cnc(C)nc1N1CCN(CC=Cc2ccccc2)CC1. The highest BCUT2D eigenvalue weighted by molar-refractivity contribution is 5.49. The van der Waals surface area contributed by atoms with E-state index in [0.717, 1.165) is 50.8 Å². The number of aryl methyl sites for hydroxylation is 2. The van der Waals surface area contributed by atoms with E-state index in [2.05, 4.69) is 69.2 Å². The third-order valence-corrected chi connectivity index (χ3v) is 4.49. The number of rotatable bonds is 5. The summed E-state index contributed by atoms with van der Waals surface area (Å²) in [7, 11) is 0. The first-order valence-electron chi connectivity index (χ1n) is 8.77. The van der Waals surface area contributed by atoms with E-state index in [4.69, 9.17) is 0 Å². The molecule has 0 radical (unpaired) electrons. The van der Waals surface area contributed by atoms with Crippen molar-refractivity contribution >= 4 is 11.9 Å². The van der Waals surface area contributed by atoms with Gasteiger partial charge in [-0.2, -0.15) is 0 Å². The van der Waals surface area contributed by atoms with Crippen LogP contribution in [0.2, 0.25) is 0 Å². The standard InChI is InChI=1S/C20H26N4/c1-3-19-16-21-17(2)22-20(19)24-14-12-23(13-15-24)11-7-10-18-8-5-4-6-9-18/h4-10,16H,3,11-15H2,1-2H3. The molecule has 0 atom stereocenters. The third kappa shape index (κ3) is 4.20. The van der Waals surface area contributed by atoms with E-state index in [1.54, 1.807) is 0 Å². The molecule has 0 aliphatic carbocycles. The minimum atomic E-state index is 0.857. The predicted molar refractivity (Wildman–Crippen MR) is 100 cm³/mol. The van der Waals surface area contributed by atoms with Crippen LogP contribution in [0.25, 0.3) is 6.08 Å². The average molecular weight is 322 g/mol. The molecule has 2 aromatic rings.